The minimum atomic E-state index is -0.170. The van der Waals surface area contributed by atoms with E-state index in [1.54, 1.807) is 0 Å². The van der Waals surface area contributed by atoms with Crippen LogP contribution < -0.4 is 26.4 Å². The predicted molar refractivity (Wildman–Crippen MR) is 312 cm³/mol. The van der Waals surface area contributed by atoms with Crippen molar-refractivity contribution in [2.24, 2.45) is 0 Å². The average molecular weight is 959 g/mol. The number of rotatable bonds is 3. The van der Waals surface area contributed by atoms with Crippen molar-refractivity contribution in [2.75, 3.05) is 9.80 Å². The van der Waals surface area contributed by atoms with Crippen LogP contribution in [0.4, 0.5) is 34.1 Å². The van der Waals surface area contributed by atoms with Crippen LogP contribution in [0.3, 0.4) is 0 Å². The number of aryl methyl sites for hydroxylation is 1. The number of fused-ring (bicyclic) bond motifs is 9. The molecular formula is C69H75BN2O. The zero-order valence-corrected chi connectivity index (χ0v) is 46.6. The van der Waals surface area contributed by atoms with Gasteiger partial charge in [0, 0.05) is 45.2 Å². The number of furan rings is 1. The molecule has 0 saturated carbocycles. The van der Waals surface area contributed by atoms with E-state index >= 15 is 0 Å². The molecule has 73 heavy (non-hydrogen) atoms. The van der Waals surface area contributed by atoms with E-state index in [-0.39, 0.29) is 45.1 Å². The van der Waals surface area contributed by atoms with Crippen molar-refractivity contribution in [3.63, 3.8) is 0 Å². The Labute approximate surface area is 437 Å². The van der Waals surface area contributed by atoms with Gasteiger partial charge in [0.25, 0.3) is 6.71 Å². The van der Waals surface area contributed by atoms with Crippen LogP contribution in [0.15, 0.2) is 138 Å². The highest BCUT2D eigenvalue weighted by Crippen LogP contribution is 2.55. The summed E-state index contributed by atoms with van der Waals surface area (Å²) in [4.78, 5) is 5.29. The predicted octanol–water partition coefficient (Wildman–Crippen LogP) is 16.9. The fourth-order valence-electron chi connectivity index (χ4n) is 13.5. The summed E-state index contributed by atoms with van der Waals surface area (Å²) in [6.45, 7) is 37.8. The van der Waals surface area contributed by atoms with Gasteiger partial charge in [0.2, 0.25) is 0 Å². The first kappa shape index (κ1) is 47.7. The van der Waals surface area contributed by atoms with Crippen molar-refractivity contribution in [2.45, 2.75) is 162 Å². The molecule has 0 radical (unpaired) electrons. The van der Waals surface area contributed by atoms with Crippen molar-refractivity contribution in [1.29, 1.82) is 0 Å². The van der Waals surface area contributed by atoms with Crippen molar-refractivity contribution in [1.82, 2.24) is 0 Å². The lowest BCUT2D eigenvalue weighted by Crippen LogP contribution is -2.61. The maximum atomic E-state index is 7.56. The molecule has 0 atom stereocenters. The summed E-state index contributed by atoms with van der Waals surface area (Å²) in [5, 5.41) is 1.17. The van der Waals surface area contributed by atoms with Crippen molar-refractivity contribution in [3.8, 4) is 0 Å². The van der Waals surface area contributed by atoms with E-state index < -0.39 is 0 Å². The SMILES string of the molecule is Cc1cc2c(cc1N1c3cc(C4c5ccccc5C(C)(C)c5ccccc54)cc4c3B(c3cc(C(C)(C)C)ccc3N4c3ccc(C(C)(C)C)cc3)c3oc4ccc(C(C)(C)C)cc4c31)C(C)(C)CCC2(C)C. The third kappa shape index (κ3) is 7.19. The molecule has 2 aliphatic carbocycles. The molecule has 4 aliphatic rings. The highest BCUT2D eigenvalue weighted by molar-refractivity contribution is 7.00. The van der Waals surface area contributed by atoms with E-state index in [0.717, 1.165) is 23.4 Å². The van der Waals surface area contributed by atoms with Crippen LogP contribution in [0.2, 0.25) is 0 Å². The number of hydrogen-bond acceptors (Lipinski definition) is 3. The molecule has 0 N–H and O–H groups in total. The summed E-state index contributed by atoms with van der Waals surface area (Å²) >= 11 is 0. The van der Waals surface area contributed by atoms with Gasteiger partial charge in [-0.3, -0.25) is 0 Å². The molecule has 8 aromatic rings. The van der Waals surface area contributed by atoms with Crippen LogP contribution in [-0.2, 0) is 32.5 Å². The zero-order chi connectivity index (χ0) is 51.7. The lowest BCUT2D eigenvalue weighted by molar-refractivity contribution is 0.332. The van der Waals surface area contributed by atoms with E-state index in [0.29, 0.717) is 0 Å². The maximum absolute atomic E-state index is 7.56. The summed E-state index contributed by atoms with van der Waals surface area (Å²) in [6.07, 6.45) is 2.31. The largest absolute Gasteiger partial charge is 0.468 e. The fraction of sp³-hybridized carbons (Fsp3) is 0.362. The van der Waals surface area contributed by atoms with Crippen molar-refractivity contribution < 1.29 is 4.42 Å². The minimum absolute atomic E-state index is 0.00333. The second-order valence-electron chi connectivity index (χ2n) is 27.4. The van der Waals surface area contributed by atoms with Gasteiger partial charge in [0.05, 0.1) is 11.3 Å². The standard InChI is InChI=1S/C69H75BN2O/c1-41-35-52-53(68(13,14)34-33-67(52,11)12)40-56(41)72-58-37-42(60-47-21-17-19-23-50(47)69(15,16)51-24-20-18-22-48(51)60)36-57-61(58)70(63-62(72)49-38-44(65(5,6)7)28-32-59(49)73-63)54-39-45(66(8,9)10)27-31-55(54)71(57)46-29-25-43(26-30-46)64(2,3)4/h17-32,35-40,60H,33-34H2,1-16H3. The number of anilines is 6. The molecule has 2 aliphatic heterocycles. The van der Waals surface area contributed by atoms with Gasteiger partial charge >= 0.3 is 0 Å². The molecule has 0 spiro atoms. The van der Waals surface area contributed by atoms with Crippen molar-refractivity contribution >= 4 is 68.4 Å². The van der Waals surface area contributed by atoms with E-state index in [9.17, 15) is 0 Å². The van der Waals surface area contributed by atoms with Gasteiger partial charge in [-0.1, -0.05) is 189 Å². The summed E-state index contributed by atoms with van der Waals surface area (Å²) in [6, 6.07) is 52.7. The Morgan fingerprint density at radius 3 is 1.62 bits per heavy atom. The molecule has 12 rings (SSSR count). The molecule has 7 aromatic carbocycles. The number of hydrogen-bond donors (Lipinski definition) is 0. The Kier molecular flexibility index (Phi) is 10.2. The smallest absolute Gasteiger partial charge is 0.297 e. The number of benzene rings is 7. The van der Waals surface area contributed by atoms with E-state index in [2.05, 4.69) is 254 Å². The second kappa shape index (κ2) is 15.6. The van der Waals surface area contributed by atoms with Crippen LogP contribution in [0.1, 0.15) is 184 Å². The van der Waals surface area contributed by atoms with Crippen LogP contribution in [0, 0.1) is 6.92 Å². The summed E-state index contributed by atoms with van der Waals surface area (Å²) in [5.74, 6) is -0.00333. The molecule has 0 bridgehead atoms. The molecule has 1 aromatic heterocycles. The van der Waals surface area contributed by atoms with E-state index in [1.165, 1.54) is 112 Å². The summed E-state index contributed by atoms with van der Waals surface area (Å²) in [7, 11) is 0. The maximum Gasteiger partial charge on any atom is 0.297 e. The van der Waals surface area contributed by atoms with Gasteiger partial charge in [-0.05, 0) is 167 Å². The quantitative estimate of drug-likeness (QED) is 0.165. The van der Waals surface area contributed by atoms with Crippen LogP contribution in [-0.4, -0.2) is 6.71 Å². The summed E-state index contributed by atoms with van der Waals surface area (Å²) < 4.78 is 7.56. The van der Waals surface area contributed by atoms with E-state index in [4.69, 9.17) is 4.42 Å². The van der Waals surface area contributed by atoms with Crippen LogP contribution in [0.25, 0.3) is 11.0 Å². The summed E-state index contributed by atoms with van der Waals surface area (Å²) in [5.41, 5.74) is 26.5. The lowest BCUT2D eigenvalue weighted by atomic mass is 9.35. The lowest BCUT2D eigenvalue weighted by Gasteiger charge is -2.46. The molecule has 3 heterocycles. The minimum Gasteiger partial charge on any atom is -0.468 e. The van der Waals surface area contributed by atoms with Gasteiger partial charge in [0.15, 0.2) is 0 Å². The zero-order valence-electron chi connectivity index (χ0n) is 46.6. The average Bonchev–Trinajstić information content (AvgIpc) is 3.71. The first-order valence-corrected chi connectivity index (χ1v) is 27.2. The third-order valence-electron chi connectivity index (χ3n) is 18.0. The number of nitrogens with zero attached hydrogens (tertiary/aromatic N) is 2. The molecule has 0 saturated heterocycles. The molecule has 370 valence electrons. The topological polar surface area (TPSA) is 19.6 Å². The molecule has 0 fully saturated rings. The Morgan fingerprint density at radius 1 is 0.507 bits per heavy atom. The molecule has 4 heteroatoms. The molecule has 3 nitrogen and oxygen atoms in total. The monoisotopic (exact) mass is 959 g/mol. The first-order chi connectivity index (χ1) is 34.3. The van der Waals surface area contributed by atoms with Crippen molar-refractivity contribution in [3.05, 3.63) is 195 Å². The van der Waals surface area contributed by atoms with Gasteiger partial charge < -0.3 is 14.2 Å². The Hall–Kier alpha value is -6.26. The molecular weight excluding hydrogens is 884 g/mol. The third-order valence-corrected chi connectivity index (χ3v) is 18.0. The highest BCUT2D eigenvalue weighted by Gasteiger charge is 2.49. The normalized spacial score (nSPS) is 17.4. The highest BCUT2D eigenvalue weighted by atomic mass is 16.3. The van der Waals surface area contributed by atoms with Crippen LogP contribution >= 0.6 is 0 Å². The van der Waals surface area contributed by atoms with E-state index in [1.807, 2.05) is 0 Å². The fourth-order valence-corrected chi connectivity index (χ4v) is 13.5. The van der Waals surface area contributed by atoms with Gasteiger partial charge in [-0.15, -0.1) is 0 Å². The Balaban J connectivity index is 1.26. The molecule has 0 amide bonds. The van der Waals surface area contributed by atoms with Gasteiger partial charge in [-0.25, -0.2) is 0 Å². The molecule has 0 unspecified atom stereocenters. The van der Waals surface area contributed by atoms with Crippen LogP contribution in [0.5, 0.6) is 0 Å². The van der Waals surface area contributed by atoms with Gasteiger partial charge in [-0.2, -0.15) is 0 Å². The second-order valence-corrected chi connectivity index (χ2v) is 27.4. The Bertz CT molecular complexity index is 3530. The Morgan fingerprint density at radius 2 is 1.03 bits per heavy atom. The van der Waals surface area contributed by atoms with Gasteiger partial charge in [0.1, 0.15) is 5.58 Å². The first-order valence-electron chi connectivity index (χ1n) is 27.2.